The van der Waals surface area contributed by atoms with Crippen LogP contribution in [0.2, 0.25) is 10.0 Å². The Morgan fingerprint density at radius 3 is 1.97 bits per heavy atom. The predicted molar refractivity (Wildman–Crippen MR) is 121 cm³/mol. The van der Waals surface area contributed by atoms with Crippen molar-refractivity contribution in [2.24, 2.45) is 0 Å². The van der Waals surface area contributed by atoms with E-state index < -0.39 is 37.6 Å². The highest BCUT2D eigenvalue weighted by atomic mass is 35.5. The van der Waals surface area contributed by atoms with Crippen LogP contribution in [0.1, 0.15) is 10.4 Å². The van der Waals surface area contributed by atoms with E-state index in [1.807, 2.05) is 0 Å². The number of rotatable bonds is 7. The van der Waals surface area contributed by atoms with Crippen molar-refractivity contribution >= 4 is 63.2 Å². The molecule has 0 unspecified atom stereocenters. The second-order valence-electron chi connectivity index (χ2n) is 6.41. The molecule has 33 heavy (non-hydrogen) atoms. The maximum atomic E-state index is 13.0. The molecule has 0 heterocycles. The Morgan fingerprint density at radius 1 is 0.788 bits per heavy atom. The highest BCUT2D eigenvalue weighted by Crippen LogP contribution is 2.37. The Hall–Kier alpha value is -4.29. The lowest BCUT2D eigenvalue weighted by Gasteiger charge is -2.13. The molecule has 12 nitrogen and oxygen atoms in total. The van der Waals surface area contributed by atoms with Gasteiger partial charge in [-0.05, 0) is 30.3 Å². The fourth-order valence-electron chi connectivity index (χ4n) is 2.76. The Morgan fingerprint density at radius 2 is 1.42 bits per heavy atom. The van der Waals surface area contributed by atoms with Crippen LogP contribution in [0.25, 0.3) is 0 Å². The van der Waals surface area contributed by atoms with E-state index in [9.17, 15) is 35.1 Å². The van der Waals surface area contributed by atoms with E-state index in [-0.39, 0.29) is 22.1 Å². The van der Waals surface area contributed by atoms with Crippen molar-refractivity contribution < 1.29 is 19.6 Å². The van der Waals surface area contributed by atoms with Gasteiger partial charge in [-0.2, -0.15) is 0 Å². The van der Waals surface area contributed by atoms with Crippen LogP contribution in [-0.2, 0) is 0 Å². The second kappa shape index (κ2) is 9.46. The van der Waals surface area contributed by atoms with Gasteiger partial charge in [-0.15, -0.1) is 0 Å². The standard InChI is InChI=1S/C19H11Cl2N5O7/c20-10-1-3-11(4-2-10)22-18-14(7-13(25(30)31)9-17(18)26(32)33)19(27)23-16-6-5-12(24(28)29)8-15(16)21/h1-9,22H,(H,23,27). The first kappa shape index (κ1) is 23.4. The average molecular weight is 492 g/mol. The quantitative estimate of drug-likeness (QED) is 0.312. The number of benzene rings is 3. The molecule has 0 fully saturated rings. The molecule has 3 aromatic rings. The Bertz CT molecular complexity index is 1300. The van der Waals surface area contributed by atoms with E-state index in [0.29, 0.717) is 16.8 Å². The monoisotopic (exact) mass is 491 g/mol. The number of nitro groups is 3. The molecule has 0 atom stereocenters. The predicted octanol–water partition coefficient (Wildman–Crippen LogP) is 5.71. The van der Waals surface area contributed by atoms with Gasteiger partial charge in [-0.3, -0.25) is 35.1 Å². The van der Waals surface area contributed by atoms with Crippen molar-refractivity contribution in [2.75, 3.05) is 10.6 Å². The summed E-state index contributed by atoms with van der Waals surface area (Å²) in [5.74, 6) is -0.978. The van der Waals surface area contributed by atoms with E-state index in [1.165, 1.54) is 24.3 Å². The van der Waals surface area contributed by atoms with E-state index in [4.69, 9.17) is 23.2 Å². The van der Waals surface area contributed by atoms with Crippen LogP contribution in [0.4, 0.5) is 34.1 Å². The molecule has 0 saturated heterocycles. The first-order valence-electron chi connectivity index (χ1n) is 8.81. The zero-order chi connectivity index (χ0) is 24.3. The molecule has 3 rings (SSSR count). The van der Waals surface area contributed by atoms with Gasteiger partial charge in [0.05, 0.1) is 37.1 Å². The molecule has 0 aliphatic rings. The number of hydrogen-bond acceptors (Lipinski definition) is 8. The highest BCUT2D eigenvalue weighted by Gasteiger charge is 2.28. The Labute approximate surface area is 194 Å². The van der Waals surface area contributed by atoms with E-state index in [1.54, 1.807) is 0 Å². The number of nitro benzene ring substituents is 3. The first-order valence-corrected chi connectivity index (χ1v) is 9.57. The number of carbonyl (C=O) groups is 1. The molecule has 1 amide bonds. The number of nitrogens with one attached hydrogen (secondary N) is 2. The summed E-state index contributed by atoms with van der Waals surface area (Å²) >= 11 is 11.8. The SMILES string of the molecule is O=C(Nc1ccc([N+](=O)[O-])cc1Cl)c1cc([N+](=O)[O-])cc([N+](=O)[O-])c1Nc1ccc(Cl)cc1. The van der Waals surface area contributed by atoms with Gasteiger partial charge in [0.25, 0.3) is 23.0 Å². The number of non-ortho nitro benzene ring substituents is 2. The lowest BCUT2D eigenvalue weighted by Crippen LogP contribution is -2.16. The van der Waals surface area contributed by atoms with Crippen LogP contribution in [0.5, 0.6) is 0 Å². The van der Waals surface area contributed by atoms with Gasteiger partial charge >= 0.3 is 0 Å². The molecule has 168 valence electrons. The molecule has 14 heteroatoms. The number of carbonyl (C=O) groups excluding carboxylic acids is 1. The number of hydrogen-bond donors (Lipinski definition) is 2. The van der Waals surface area contributed by atoms with Crippen LogP contribution in [-0.4, -0.2) is 20.7 Å². The van der Waals surface area contributed by atoms with Crippen LogP contribution >= 0.6 is 23.2 Å². The second-order valence-corrected chi connectivity index (χ2v) is 7.25. The summed E-state index contributed by atoms with van der Waals surface area (Å²) in [6, 6.07) is 10.8. The summed E-state index contributed by atoms with van der Waals surface area (Å²) in [5, 5.41) is 39.1. The number of amides is 1. The zero-order valence-electron chi connectivity index (χ0n) is 16.2. The number of anilines is 3. The van der Waals surface area contributed by atoms with Crippen LogP contribution in [0.3, 0.4) is 0 Å². The largest absolute Gasteiger partial charge is 0.349 e. The number of halogens is 2. The molecule has 0 aliphatic heterocycles. The molecule has 0 saturated carbocycles. The van der Waals surface area contributed by atoms with Gasteiger partial charge in [0.15, 0.2) is 0 Å². The minimum absolute atomic E-state index is 0.0427. The Kier molecular flexibility index (Phi) is 6.70. The highest BCUT2D eigenvalue weighted by molar-refractivity contribution is 6.34. The molecular formula is C19H11Cl2N5O7. The van der Waals surface area contributed by atoms with Gasteiger partial charge in [0, 0.05) is 28.9 Å². The maximum absolute atomic E-state index is 13.0. The summed E-state index contributed by atoms with van der Waals surface area (Å²) in [6.45, 7) is 0. The summed E-state index contributed by atoms with van der Waals surface area (Å²) in [6.07, 6.45) is 0. The topological polar surface area (TPSA) is 171 Å². The molecular weight excluding hydrogens is 481 g/mol. The molecule has 0 aliphatic carbocycles. The van der Waals surface area contributed by atoms with Gasteiger partial charge in [0.1, 0.15) is 5.69 Å². The summed E-state index contributed by atoms with van der Waals surface area (Å²) < 4.78 is 0. The third-order valence-electron chi connectivity index (χ3n) is 4.28. The van der Waals surface area contributed by atoms with E-state index in [2.05, 4.69) is 10.6 Å². The summed E-state index contributed by atoms with van der Waals surface area (Å²) in [5.41, 5.74) is -2.21. The number of nitrogens with zero attached hydrogens (tertiary/aromatic N) is 3. The minimum atomic E-state index is -0.978. The Balaban J connectivity index is 2.10. The smallest absolute Gasteiger partial charge is 0.300 e. The van der Waals surface area contributed by atoms with Crippen LogP contribution < -0.4 is 10.6 Å². The zero-order valence-corrected chi connectivity index (χ0v) is 17.7. The molecule has 2 N–H and O–H groups in total. The third-order valence-corrected chi connectivity index (χ3v) is 4.84. The summed E-state index contributed by atoms with van der Waals surface area (Å²) in [7, 11) is 0. The van der Waals surface area contributed by atoms with Crippen molar-refractivity contribution in [1.29, 1.82) is 0 Å². The van der Waals surface area contributed by atoms with Crippen molar-refractivity contribution in [1.82, 2.24) is 0 Å². The van der Waals surface area contributed by atoms with Crippen molar-refractivity contribution in [3.05, 3.63) is 101 Å². The molecule has 0 radical (unpaired) electrons. The third kappa shape index (κ3) is 5.31. The normalized spacial score (nSPS) is 10.4. The lowest BCUT2D eigenvalue weighted by atomic mass is 10.1. The molecule has 3 aromatic carbocycles. The maximum Gasteiger partial charge on any atom is 0.300 e. The lowest BCUT2D eigenvalue weighted by molar-refractivity contribution is -0.393. The van der Waals surface area contributed by atoms with Crippen molar-refractivity contribution in [3.8, 4) is 0 Å². The van der Waals surface area contributed by atoms with Crippen molar-refractivity contribution in [3.63, 3.8) is 0 Å². The molecule has 0 bridgehead atoms. The van der Waals surface area contributed by atoms with Crippen molar-refractivity contribution in [2.45, 2.75) is 0 Å². The van der Waals surface area contributed by atoms with Crippen LogP contribution in [0, 0.1) is 30.3 Å². The van der Waals surface area contributed by atoms with E-state index in [0.717, 1.165) is 24.3 Å². The van der Waals surface area contributed by atoms with Gasteiger partial charge < -0.3 is 10.6 Å². The van der Waals surface area contributed by atoms with E-state index >= 15 is 0 Å². The average Bonchev–Trinajstić information content (AvgIpc) is 2.76. The molecule has 0 aromatic heterocycles. The summed E-state index contributed by atoms with van der Waals surface area (Å²) in [4.78, 5) is 44.4. The fourth-order valence-corrected chi connectivity index (χ4v) is 3.11. The first-order chi connectivity index (χ1) is 15.6. The van der Waals surface area contributed by atoms with Gasteiger partial charge in [-0.1, -0.05) is 23.2 Å². The van der Waals surface area contributed by atoms with Crippen LogP contribution in [0.15, 0.2) is 54.6 Å². The minimum Gasteiger partial charge on any atom is -0.349 e. The van der Waals surface area contributed by atoms with Gasteiger partial charge in [0.2, 0.25) is 0 Å². The molecule has 0 spiro atoms. The van der Waals surface area contributed by atoms with Gasteiger partial charge in [-0.25, -0.2) is 0 Å². The fraction of sp³-hybridized carbons (Fsp3) is 0.